The van der Waals surface area contributed by atoms with Gasteiger partial charge < -0.3 is 15.5 Å². The third-order valence-electron chi connectivity index (χ3n) is 5.01. The second-order valence-electron chi connectivity index (χ2n) is 7.04. The predicted octanol–water partition coefficient (Wildman–Crippen LogP) is 1.77. The molecule has 0 aliphatic carbocycles. The lowest BCUT2D eigenvalue weighted by molar-refractivity contribution is -0.135. The number of carbonyl (C=O) groups is 2. The maximum absolute atomic E-state index is 13.0. The van der Waals surface area contributed by atoms with E-state index in [-0.39, 0.29) is 30.1 Å². The second kappa shape index (κ2) is 10.2. The fourth-order valence-corrected chi connectivity index (χ4v) is 3.56. The number of piperidine rings is 1. The molecule has 3 rings (SSSR count). The first-order chi connectivity index (χ1) is 13.1. The van der Waals surface area contributed by atoms with Crippen LogP contribution in [0, 0.1) is 5.92 Å². The zero-order valence-corrected chi connectivity index (χ0v) is 17.1. The third kappa shape index (κ3) is 5.33. The summed E-state index contributed by atoms with van der Waals surface area (Å²) in [4.78, 5) is 27.1. The molecule has 2 heterocycles. The molecule has 1 aliphatic heterocycles. The Morgan fingerprint density at radius 3 is 2.68 bits per heavy atom. The molecule has 2 amide bonds. The highest BCUT2D eigenvalue weighted by atomic mass is 35.5. The van der Waals surface area contributed by atoms with E-state index in [1.165, 1.54) is 0 Å². The normalized spacial score (nSPS) is 17.5. The molecular weight excluding hydrogens is 378 g/mol. The van der Waals surface area contributed by atoms with Crippen LogP contribution >= 0.6 is 12.4 Å². The average Bonchev–Trinajstić information content (AvgIpc) is 3.13. The second-order valence-corrected chi connectivity index (χ2v) is 7.04. The number of likely N-dealkylation sites (N-methyl/N-ethyl adjacent to an activating group) is 1. The van der Waals surface area contributed by atoms with Crippen molar-refractivity contribution in [1.82, 2.24) is 25.3 Å². The standard InChI is InChI=1S/C20H27N5O2.ClH/c1-21-18(17-12-23-24(2)14-17)20(27)25-10-6-7-15(13-25)11-22-19(26)16-8-4-3-5-9-16;/h3-5,8-9,12,14-15,18,21H,6-7,10-11,13H2,1-2H3,(H,22,26);1H. The molecule has 1 aromatic carbocycles. The van der Waals surface area contributed by atoms with Crippen molar-refractivity contribution >= 4 is 24.2 Å². The Labute approximate surface area is 171 Å². The number of hydrogen-bond acceptors (Lipinski definition) is 4. The van der Waals surface area contributed by atoms with E-state index >= 15 is 0 Å². The molecule has 8 heteroatoms. The average molecular weight is 406 g/mol. The Morgan fingerprint density at radius 1 is 1.29 bits per heavy atom. The molecule has 2 aromatic rings. The van der Waals surface area contributed by atoms with Gasteiger partial charge in [-0.05, 0) is 37.9 Å². The van der Waals surface area contributed by atoms with Gasteiger partial charge in [-0.1, -0.05) is 18.2 Å². The highest BCUT2D eigenvalue weighted by Crippen LogP contribution is 2.21. The fourth-order valence-electron chi connectivity index (χ4n) is 3.56. The summed E-state index contributed by atoms with van der Waals surface area (Å²) < 4.78 is 1.70. The van der Waals surface area contributed by atoms with Crippen molar-refractivity contribution in [2.24, 2.45) is 13.0 Å². The zero-order chi connectivity index (χ0) is 19.2. The summed E-state index contributed by atoms with van der Waals surface area (Å²) in [5.41, 5.74) is 1.53. The van der Waals surface area contributed by atoms with Crippen molar-refractivity contribution in [2.75, 3.05) is 26.7 Å². The van der Waals surface area contributed by atoms with E-state index in [9.17, 15) is 9.59 Å². The van der Waals surface area contributed by atoms with Gasteiger partial charge in [0.25, 0.3) is 5.91 Å². The van der Waals surface area contributed by atoms with Crippen LogP contribution in [0.25, 0.3) is 0 Å². The number of aryl methyl sites for hydroxylation is 1. The predicted molar refractivity (Wildman–Crippen MR) is 110 cm³/mol. The van der Waals surface area contributed by atoms with E-state index in [0.717, 1.165) is 24.9 Å². The maximum Gasteiger partial charge on any atom is 0.251 e. The van der Waals surface area contributed by atoms with Crippen LogP contribution in [0.15, 0.2) is 42.7 Å². The van der Waals surface area contributed by atoms with Crippen LogP contribution in [-0.4, -0.2) is 53.2 Å². The van der Waals surface area contributed by atoms with Crippen molar-refractivity contribution in [1.29, 1.82) is 0 Å². The van der Waals surface area contributed by atoms with Gasteiger partial charge in [0.05, 0.1) is 6.20 Å². The molecule has 1 fully saturated rings. The van der Waals surface area contributed by atoms with Gasteiger partial charge >= 0.3 is 0 Å². The molecule has 0 spiro atoms. The van der Waals surface area contributed by atoms with Crippen LogP contribution in [-0.2, 0) is 11.8 Å². The first kappa shape index (κ1) is 21.9. The monoisotopic (exact) mass is 405 g/mol. The first-order valence-electron chi connectivity index (χ1n) is 9.36. The minimum absolute atomic E-state index is 0. The van der Waals surface area contributed by atoms with Gasteiger partial charge in [0.15, 0.2) is 0 Å². The summed E-state index contributed by atoms with van der Waals surface area (Å²) in [6.45, 7) is 1.99. The quantitative estimate of drug-likeness (QED) is 0.767. The number of carbonyl (C=O) groups excluding carboxylic acids is 2. The lowest BCUT2D eigenvalue weighted by atomic mass is 9.96. The SMILES string of the molecule is CNC(C(=O)N1CCCC(CNC(=O)c2ccccc2)C1)c1cnn(C)c1.Cl. The summed E-state index contributed by atoms with van der Waals surface area (Å²) in [5, 5.41) is 10.3. The number of amides is 2. The van der Waals surface area contributed by atoms with Gasteiger partial charge in [0, 0.05) is 44.0 Å². The third-order valence-corrected chi connectivity index (χ3v) is 5.01. The summed E-state index contributed by atoms with van der Waals surface area (Å²) in [7, 11) is 3.63. The molecule has 0 radical (unpaired) electrons. The lowest BCUT2D eigenvalue weighted by Gasteiger charge is -2.35. The van der Waals surface area contributed by atoms with E-state index in [0.29, 0.717) is 18.7 Å². The number of nitrogens with one attached hydrogen (secondary N) is 2. The Bertz CT molecular complexity index is 780. The van der Waals surface area contributed by atoms with Gasteiger partial charge in [0.2, 0.25) is 5.91 Å². The highest BCUT2D eigenvalue weighted by Gasteiger charge is 2.29. The molecular formula is C20H28ClN5O2. The molecule has 2 atom stereocenters. The number of hydrogen-bond donors (Lipinski definition) is 2. The van der Waals surface area contributed by atoms with Gasteiger partial charge in [-0.2, -0.15) is 5.10 Å². The minimum atomic E-state index is -0.392. The largest absolute Gasteiger partial charge is 0.352 e. The summed E-state index contributed by atoms with van der Waals surface area (Å²) in [6.07, 6.45) is 5.54. The summed E-state index contributed by atoms with van der Waals surface area (Å²) in [6, 6.07) is 8.81. The van der Waals surface area contributed by atoms with Crippen molar-refractivity contribution in [2.45, 2.75) is 18.9 Å². The Kier molecular flexibility index (Phi) is 8.02. The van der Waals surface area contributed by atoms with E-state index in [1.807, 2.05) is 36.3 Å². The van der Waals surface area contributed by atoms with Crippen molar-refractivity contribution < 1.29 is 9.59 Å². The smallest absolute Gasteiger partial charge is 0.251 e. The van der Waals surface area contributed by atoms with Crippen molar-refractivity contribution in [3.8, 4) is 0 Å². The van der Waals surface area contributed by atoms with Crippen LogP contribution in [0.4, 0.5) is 0 Å². The highest BCUT2D eigenvalue weighted by molar-refractivity contribution is 5.94. The van der Waals surface area contributed by atoms with Crippen LogP contribution in [0.3, 0.4) is 0 Å². The van der Waals surface area contributed by atoms with Crippen LogP contribution in [0.1, 0.15) is 34.8 Å². The number of aromatic nitrogens is 2. The van der Waals surface area contributed by atoms with Crippen LogP contribution < -0.4 is 10.6 Å². The number of benzene rings is 1. The number of halogens is 1. The van der Waals surface area contributed by atoms with Crippen molar-refractivity contribution in [3.63, 3.8) is 0 Å². The Morgan fingerprint density at radius 2 is 2.04 bits per heavy atom. The zero-order valence-electron chi connectivity index (χ0n) is 16.3. The molecule has 152 valence electrons. The lowest BCUT2D eigenvalue weighted by Crippen LogP contribution is -2.47. The number of nitrogens with zero attached hydrogens (tertiary/aromatic N) is 3. The number of rotatable bonds is 6. The van der Waals surface area contributed by atoms with E-state index in [1.54, 1.807) is 30.1 Å². The Balaban J connectivity index is 0.00000280. The summed E-state index contributed by atoms with van der Waals surface area (Å²) >= 11 is 0. The van der Waals surface area contributed by atoms with Gasteiger partial charge in [0.1, 0.15) is 6.04 Å². The molecule has 2 N–H and O–H groups in total. The maximum atomic E-state index is 13.0. The fraction of sp³-hybridized carbons (Fsp3) is 0.450. The molecule has 2 unspecified atom stereocenters. The molecule has 1 saturated heterocycles. The minimum Gasteiger partial charge on any atom is -0.352 e. The van der Waals surface area contributed by atoms with Crippen LogP contribution in [0.5, 0.6) is 0 Å². The van der Waals surface area contributed by atoms with E-state index in [2.05, 4.69) is 15.7 Å². The Hall–Kier alpha value is -2.38. The molecule has 0 saturated carbocycles. The van der Waals surface area contributed by atoms with E-state index < -0.39 is 6.04 Å². The van der Waals surface area contributed by atoms with Crippen LogP contribution in [0.2, 0.25) is 0 Å². The number of likely N-dealkylation sites (tertiary alicyclic amines) is 1. The van der Waals surface area contributed by atoms with Gasteiger partial charge in [-0.25, -0.2) is 0 Å². The topological polar surface area (TPSA) is 79.3 Å². The van der Waals surface area contributed by atoms with Gasteiger partial charge in [-0.3, -0.25) is 14.3 Å². The summed E-state index contributed by atoms with van der Waals surface area (Å²) in [5.74, 6) is 0.258. The molecule has 1 aromatic heterocycles. The van der Waals surface area contributed by atoms with E-state index in [4.69, 9.17) is 0 Å². The molecule has 7 nitrogen and oxygen atoms in total. The molecule has 1 aliphatic rings. The first-order valence-corrected chi connectivity index (χ1v) is 9.36. The molecule has 28 heavy (non-hydrogen) atoms. The van der Waals surface area contributed by atoms with Crippen molar-refractivity contribution in [3.05, 3.63) is 53.9 Å². The molecule has 0 bridgehead atoms. The van der Waals surface area contributed by atoms with Gasteiger partial charge in [-0.15, -0.1) is 12.4 Å².